The molecule has 2 aromatic carbocycles. The summed E-state index contributed by atoms with van der Waals surface area (Å²) < 4.78 is 10.8. The number of carboxylic acid groups (broad SMARTS) is 1. The van der Waals surface area contributed by atoms with Crippen LogP contribution in [0.4, 0.5) is 0 Å². The van der Waals surface area contributed by atoms with Crippen LogP contribution in [0.25, 0.3) is 22.3 Å². The van der Waals surface area contributed by atoms with Gasteiger partial charge >= 0.3 is 5.97 Å². The average Bonchev–Trinajstić information content (AvgIpc) is 2.89. The minimum Gasteiger partial charge on any atom is -0.482 e. The maximum absolute atomic E-state index is 10.4. The van der Waals surface area contributed by atoms with Crippen molar-refractivity contribution in [2.75, 3.05) is 6.61 Å². The molecular weight excluding hydrogens is 256 g/mol. The van der Waals surface area contributed by atoms with Crippen LogP contribution in [0.15, 0.2) is 59.0 Å². The van der Waals surface area contributed by atoms with Gasteiger partial charge in [-0.1, -0.05) is 18.2 Å². The highest BCUT2D eigenvalue weighted by atomic mass is 16.5. The fourth-order valence-corrected chi connectivity index (χ4v) is 1.98. The molecule has 4 heteroatoms. The highest BCUT2D eigenvalue weighted by Gasteiger charge is 2.06. The third-order valence-corrected chi connectivity index (χ3v) is 2.93. The summed E-state index contributed by atoms with van der Waals surface area (Å²) in [6.07, 6.45) is 0. The van der Waals surface area contributed by atoms with Crippen LogP contribution < -0.4 is 4.74 Å². The third kappa shape index (κ3) is 2.49. The number of hydrogen-bond acceptors (Lipinski definition) is 3. The van der Waals surface area contributed by atoms with E-state index < -0.39 is 5.97 Å². The molecule has 0 atom stereocenters. The number of ether oxygens (including phenoxy) is 1. The topological polar surface area (TPSA) is 59.7 Å². The largest absolute Gasteiger partial charge is 0.482 e. The fraction of sp³-hybridized carbons (Fsp3) is 0.0625. The number of para-hydroxylation sites is 1. The van der Waals surface area contributed by atoms with Gasteiger partial charge in [0.2, 0.25) is 0 Å². The van der Waals surface area contributed by atoms with Gasteiger partial charge in [-0.2, -0.15) is 0 Å². The molecule has 20 heavy (non-hydrogen) atoms. The van der Waals surface area contributed by atoms with Gasteiger partial charge in [-0.15, -0.1) is 0 Å². The van der Waals surface area contributed by atoms with Gasteiger partial charge in [0.1, 0.15) is 17.1 Å². The molecule has 0 aliphatic carbocycles. The quantitative estimate of drug-likeness (QED) is 0.785. The van der Waals surface area contributed by atoms with E-state index in [2.05, 4.69) is 0 Å². The highest BCUT2D eigenvalue weighted by molar-refractivity contribution is 5.82. The van der Waals surface area contributed by atoms with E-state index in [4.69, 9.17) is 14.3 Å². The smallest absolute Gasteiger partial charge is 0.341 e. The predicted octanol–water partition coefficient (Wildman–Crippen LogP) is 3.56. The highest BCUT2D eigenvalue weighted by Crippen LogP contribution is 2.28. The molecule has 0 saturated heterocycles. The Labute approximate surface area is 115 Å². The van der Waals surface area contributed by atoms with Crippen molar-refractivity contribution in [3.8, 4) is 17.1 Å². The van der Waals surface area contributed by atoms with Crippen LogP contribution in [0.2, 0.25) is 0 Å². The van der Waals surface area contributed by atoms with Gasteiger partial charge in [-0.25, -0.2) is 4.79 Å². The Morgan fingerprint density at radius 1 is 1.10 bits per heavy atom. The van der Waals surface area contributed by atoms with Crippen LogP contribution in [-0.2, 0) is 4.79 Å². The Balaban J connectivity index is 1.85. The van der Waals surface area contributed by atoms with Crippen LogP contribution in [-0.4, -0.2) is 17.7 Å². The Morgan fingerprint density at radius 2 is 1.85 bits per heavy atom. The summed E-state index contributed by atoms with van der Waals surface area (Å²) in [6.45, 7) is -0.343. The van der Waals surface area contributed by atoms with Crippen LogP contribution in [0.3, 0.4) is 0 Å². The SMILES string of the molecule is O=C(O)COc1ccc(-c2cc3ccccc3o2)cc1. The van der Waals surface area contributed by atoms with Crippen molar-refractivity contribution in [3.05, 3.63) is 54.6 Å². The molecule has 0 aliphatic rings. The monoisotopic (exact) mass is 268 g/mol. The fourth-order valence-electron chi connectivity index (χ4n) is 1.98. The minimum atomic E-state index is -0.994. The zero-order valence-corrected chi connectivity index (χ0v) is 10.6. The van der Waals surface area contributed by atoms with Gasteiger partial charge in [0, 0.05) is 10.9 Å². The summed E-state index contributed by atoms with van der Waals surface area (Å²) >= 11 is 0. The van der Waals surface area contributed by atoms with E-state index in [1.165, 1.54) is 0 Å². The molecule has 0 amide bonds. The number of fused-ring (bicyclic) bond motifs is 1. The van der Waals surface area contributed by atoms with E-state index in [9.17, 15) is 4.79 Å². The third-order valence-electron chi connectivity index (χ3n) is 2.93. The molecule has 3 rings (SSSR count). The van der Waals surface area contributed by atoms with E-state index in [1.54, 1.807) is 12.1 Å². The first-order valence-corrected chi connectivity index (χ1v) is 6.16. The number of carbonyl (C=O) groups is 1. The van der Waals surface area contributed by atoms with E-state index >= 15 is 0 Å². The van der Waals surface area contributed by atoms with Crippen molar-refractivity contribution in [1.29, 1.82) is 0 Å². The first-order valence-electron chi connectivity index (χ1n) is 6.16. The van der Waals surface area contributed by atoms with Gasteiger partial charge in [-0.3, -0.25) is 0 Å². The second-order valence-electron chi connectivity index (χ2n) is 4.36. The minimum absolute atomic E-state index is 0.343. The van der Waals surface area contributed by atoms with Crippen molar-refractivity contribution in [2.45, 2.75) is 0 Å². The van der Waals surface area contributed by atoms with Gasteiger partial charge in [0.05, 0.1) is 0 Å². The van der Waals surface area contributed by atoms with E-state index in [0.717, 1.165) is 22.3 Å². The zero-order chi connectivity index (χ0) is 13.9. The van der Waals surface area contributed by atoms with E-state index in [0.29, 0.717) is 5.75 Å². The first-order chi connectivity index (χ1) is 9.72. The summed E-state index contributed by atoms with van der Waals surface area (Å²) in [4.78, 5) is 10.4. The number of carboxylic acids is 1. The van der Waals surface area contributed by atoms with Gasteiger partial charge in [0.15, 0.2) is 6.61 Å². The molecule has 0 unspecified atom stereocenters. The molecule has 4 nitrogen and oxygen atoms in total. The van der Waals surface area contributed by atoms with Crippen LogP contribution in [0, 0.1) is 0 Å². The Kier molecular flexibility index (Phi) is 3.13. The lowest BCUT2D eigenvalue weighted by atomic mass is 10.1. The summed E-state index contributed by atoms with van der Waals surface area (Å²) in [5.74, 6) is 0.301. The van der Waals surface area contributed by atoms with Crippen molar-refractivity contribution >= 4 is 16.9 Å². The average molecular weight is 268 g/mol. The molecular formula is C16H12O4. The molecule has 1 heterocycles. The van der Waals surface area contributed by atoms with Crippen LogP contribution in [0.5, 0.6) is 5.75 Å². The summed E-state index contributed by atoms with van der Waals surface area (Å²) in [5.41, 5.74) is 1.76. The molecule has 0 fully saturated rings. The molecule has 100 valence electrons. The van der Waals surface area contributed by atoms with Gasteiger partial charge in [0.25, 0.3) is 0 Å². The normalized spacial score (nSPS) is 10.6. The van der Waals surface area contributed by atoms with Crippen LogP contribution in [0.1, 0.15) is 0 Å². The second kappa shape index (κ2) is 5.09. The van der Waals surface area contributed by atoms with Crippen molar-refractivity contribution < 1.29 is 19.1 Å². The molecule has 0 aliphatic heterocycles. The Morgan fingerprint density at radius 3 is 2.55 bits per heavy atom. The Hall–Kier alpha value is -2.75. The number of rotatable bonds is 4. The lowest BCUT2D eigenvalue weighted by molar-refractivity contribution is -0.139. The molecule has 1 aromatic heterocycles. The molecule has 0 radical (unpaired) electrons. The van der Waals surface area contributed by atoms with Gasteiger partial charge < -0.3 is 14.3 Å². The maximum atomic E-state index is 10.4. The zero-order valence-electron chi connectivity index (χ0n) is 10.6. The first kappa shape index (κ1) is 12.3. The second-order valence-corrected chi connectivity index (χ2v) is 4.36. The number of aliphatic carboxylic acids is 1. The summed E-state index contributed by atoms with van der Waals surface area (Å²) in [6, 6.07) is 16.9. The van der Waals surface area contributed by atoms with Crippen molar-refractivity contribution in [3.63, 3.8) is 0 Å². The summed E-state index contributed by atoms with van der Waals surface area (Å²) in [5, 5.41) is 9.60. The van der Waals surface area contributed by atoms with Crippen molar-refractivity contribution in [2.24, 2.45) is 0 Å². The maximum Gasteiger partial charge on any atom is 0.341 e. The molecule has 0 spiro atoms. The van der Waals surface area contributed by atoms with E-state index in [-0.39, 0.29) is 6.61 Å². The molecule has 3 aromatic rings. The van der Waals surface area contributed by atoms with Gasteiger partial charge in [-0.05, 0) is 36.4 Å². The molecule has 0 bridgehead atoms. The summed E-state index contributed by atoms with van der Waals surface area (Å²) in [7, 11) is 0. The Bertz CT molecular complexity index is 708. The number of furan rings is 1. The van der Waals surface area contributed by atoms with E-state index in [1.807, 2.05) is 42.5 Å². The number of hydrogen-bond donors (Lipinski definition) is 1. The molecule has 1 N–H and O–H groups in total. The predicted molar refractivity (Wildman–Crippen MR) is 74.8 cm³/mol. The molecule has 0 saturated carbocycles. The standard InChI is InChI=1S/C16H12O4/c17-16(18)10-19-13-7-5-11(6-8-13)15-9-12-3-1-2-4-14(12)20-15/h1-9H,10H2,(H,17,18). The lowest BCUT2D eigenvalue weighted by Crippen LogP contribution is -2.09. The van der Waals surface area contributed by atoms with Crippen LogP contribution >= 0.6 is 0 Å². The lowest BCUT2D eigenvalue weighted by Gasteiger charge is -2.03. The van der Waals surface area contributed by atoms with Crippen molar-refractivity contribution in [1.82, 2.24) is 0 Å². The number of benzene rings is 2.